The first-order chi connectivity index (χ1) is 1.00. The number of hydrazine groups is 1. The van der Waals surface area contributed by atoms with Gasteiger partial charge < -0.3 is 6.15 Å². The SMILES string of the molecule is N.NN.P.S. The largest absolute Gasteiger partial charge is 0.344 e. The highest BCUT2D eigenvalue weighted by molar-refractivity contribution is 7.59. The molecule has 0 radical (unpaired) electrons. The second kappa shape index (κ2) is 143. The smallest absolute Gasteiger partial charge is 0.153 e. The molecular weight excluding hydrogens is 105 g/mol. The van der Waals surface area contributed by atoms with Crippen LogP contribution in [-0.2, 0) is 0 Å². The number of hydrogen-bond acceptors (Lipinski definition) is 3. The molecule has 0 aliphatic carbocycles. The molecule has 1 unspecified atom stereocenters. The van der Waals surface area contributed by atoms with Crippen molar-refractivity contribution in [2.24, 2.45) is 11.7 Å². The zero-order chi connectivity index (χ0) is 2.00. The Labute approximate surface area is 42.1 Å². The Kier molecular flexibility index (Phi) is 1280. The molecule has 0 aliphatic rings. The van der Waals surface area contributed by atoms with Gasteiger partial charge in [-0.15, -0.1) is 0 Å². The monoisotopic (exact) mass is 117 g/mol. The fraction of sp³-hybridized carbons (Fsp3) is 0. The van der Waals surface area contributed by atoms with Crippen LogP contribution in [0.25, 0.3) is 0 Å². The molecule has 0 rings (SSSR count). The molecule has 0 saturated heterocycles. The van der Waals surface area contributed by atoms with Crippen LogP contribution >= 0.6 is 23.4 Å². The molecule has 3 nitrogen and oxygen atoms in total. The summed E-state index contributed by atoms with van der Waals surface area (Å²) in [6, 6.07) is 0. The molecule has 0 aromatic heterocycles. The zero-order valence-corrected chi connectivity index (χ0v) is 5.48. The van der Waals surface area contributed by atoms with Crippen molar-refractivity contribution in [2.75, 3.05) is 0 Å². The highest BCUT2D eigenvalue weighted by Crippen LogP contribution is 0.861. The minimum Gasteiger partial charge on any atom is -0.344 e. The van der Waals surface area contributed by atoms with Gasteiger partial charge in [0.1, 0.15) is 0 Å². The second-order valence-electron chi connectivity index (χ2n) is 0. The van der Waals surface area contributed by atoms with Gasteiger partial charge in [0.15, 0.2) is 0 Å². The first-order valence-corrected chi connectivity index (χ1v) is 0.333. The molecule has 0 bridgehead atoms. The number of nitrogens with two attached hydrogens (primary N) is 2. The quantitative estimate of drug-likeness (QED) is 0.219. The number of rotatable bonds is 0. The molecular formula is H12N3PS. The maximum Gasteiger partial charge on any atom is -0.153 e. The average molecular weight is 117 g/mol. The van der Waals surface area contributed by atoms with Gasteiger partial charge in [0.2, 0.25) is 0 Å². The van der Waals surface area contributed by atoms with E-state index in [9.17, 15) is 0 Å². The summed E-state index contributed by atoms with van der Waals surface area (Å²) in [5.41, 5.74) is 0. The standard InChI is InChI=1S/H4N2.H3N.H3P.H2S/c1-2;;;/h1-2H2;2*1H3;1H2. The molecule has 0 amide bonds. The van der Waals surface area contributed by atoms with Gasteiger partial charge in [0, 0.05) is 0 Å². The minimum atomic E-state index is 0. The summed E-state index contributed by atoms with van der Waals surface area (Å²) in [6.45, 7) is 0. The normalized spacial score (nSPS) is 1.20. The lowest BCUT2D eigenvalue weighted by Gasteiger charge is -1.27. The zero-order valence-electron chi connectivity index (χ0n) is 3.07. The maximum absolute atomic E-state index is 4.00. The molecule has 0 spiro atoms. The highest BCUT2D eigenvalue weighted by atomic mass is 32.1. The fourth-order valence-electron chi connectivity index (χ4n) is 0. The summed E-state index contributed by atoms with van der Waals surface area (Å²) < 4.78 is 0. The number of hydrogen-bond donors (Lipinski definition) is 3. The summed E-state index contributed by atoms with van der Waals surface area (Å²) >= 11 is 0. The van der Waals surface area contributed by atoms with Crippen molar-refractivity contribution < 1.29 is 0 Å². The minimum absolute atomic E-state index is 0. The summed E-state index contributed by atoms with van der Waals surface area (Å²) in [6.07, 6.45) is 0. The third-order valence-electron chi connectivity index (χ3n) is 0. The predicted octanol–water partition coefficient (Wildman–Crippen LogP) is -0.848. The van der Waals surface area contributed by atoms with Crippen LogP contribution in [0.3, 0.4) is 0 Å². The van der Waals surface area contributed by atoms with Gasteiger partial charge in [0.05, 0.1) is 0 Å². The molecule has 0 saturated carbocycles. The molecule has 5 heavy (non-hydrogen) atoms. The Balaban J connectivity index is -0.00000000167. The van der Waals surface area contributed by atoms with E-state index in [1.54, 1.807) is 0 Å². The van der Waals surface area contributed by atoms with Gasteiger partial charge >= 0.3 is 0 Å². The van der Waals surface area contributed by atoms with Crippen LogP contribution in [0.4, 0.5) is 0 Å². The molecule has 0 heterocycles. The van der Waals surface area contributed by atoms with Crippen LogP contribution < -0.4 is 17.8 Å². The van der Waals surface area contributed by atoms with Crippen LogP contribution in [0.15, 0.2) is 0 Å². The summed E-state index contributed by atoms with van der Waals surface area (Å²) in [4.78, 5) is 0. The van der Waals surface area contributed by atoms with Crippen molar-refractivity contribution in [3.8, 4) is 0 Å². The Morgan fingerprint density at radius 3 is 1.00 bits per heavy atom. The van der Waals surface area contributed by atoms with E-state index in [4.69, 9.17) is 0 Å². The third-order valence-corrected chi connectivity index (χ3v) is 0. The van der Waals surface area contributed by atoms with E-state index in [1.165, 1.54) is 0 Å². The van der Waals surface area contributed by atoms with Crippen LogP contribution in [0.1, 0.15) is 0 Å². The molecule has 0 fully saturated rings. The van der Waals surface area contributed by atoms with Crippen molar-refractivity contribution in [1.29, 1.82) is 0 Å². The van der Waals surface area contributed by atoms with Crippen molar-refractivity contribution in [1.82, 2.24) is 6.15 Å². The van der Waals surface area contributed by atoms with Gasteiger partial charge in [-0.05, 0) is 0 Å². The third kappa shape index (κ3) is 75.7. The summed E-state index contributed by atoms with van der Waals surface area (Å²) in [5, 5.41) is 0. The Morgan fingerprint density at radius 2 is 1.00 bits per heavy atom. The van der Waals surface area contributed by atoms with Crippen molar-refractivity contribution in [3.63, 3.8) is 0 Å². The van der Waals surface area contributed by atoms with Gasteiger partial charge in [0.25, 0.3) is 0 Å². The van der Waals surface area contributed by atoms with Crippen LogP contribution in [0, 0.1) is 0 Å². The molecule has 38 valence electrons. The molecule has 5 heteroatoms. The topological polar surface area (TPSA) is 87.0 Å². The van der Waals surface area contributed by atoms with Crippen LogP contribution in [-0.4, -0.2) is 0 Å². The van der Waals surface area contributed by atoms with Crippen molar-refractivity contribution in [2.45, 2.75) is 0 Å². The van der Waals surface area contributed by atoms with E-state index in [-0.39, 0.29) is 29.5 Å². The van der Waals surface area contributed by atoms with Crippen molar-refractivity contribution in [3.05, 3.63) is 0 Å². The molecule has 0 aromatic rings. The Morgan fingerprint density at radius 1 is 1.00 bits per heavy atom. The average Bonchev–Trinajstić information content (AvgIpc) is 1.00. The maximum atomic E-state index is 4.00. The Bertz CT molecular complexity index is 6.85. The van der Waals surface area contributed by atoms with Crippen LogP contribution in [0.2, 0.25) is 0 Å². The summed E-state index contributed by atoms with van der Waals surface area (Å²) in [5.74, 6) is 8.00. The van der Waals surface area contributed by atoms with Gasteiger partial charge in [-0.2, -0.15) is 23.4 Å². The van der Waals surface area contributed by atoms with Gasteiger partial charge in [-0.1, -0.05) is 0 Å². The highest BCUT2D eigenvalue weighted by Gasteiger charge is 0.726. The first kappa shape index (κ1) is 44.6. The van der Waals surface area contributed by atoms with E-state index >= 15 is 0 Å². The molecule has 0 aliphatic heterocycles. The first-order valence-electron chi connectivity index (χ1n) is 0.333. The molecule has 7 N–H and O–H groups in total. The molecule has 1 atom stereocenters. The molecule has 0 aromatic carbocycles. The predicted molar refractivity (Wildman–Crippen MR) is 34.9 cm³/mol. The lowest BCUT2D eigenvalue weighted by molar-refractivity contribution is 1.26. The fourth-order valence-corrected chi connectivity index (χ4v) is 0. The van der Waals surface area contributed by atoms with Gasteiger partial charge in [-0.25, -0.2) is 0 Å². The second-order valence-corrected chi connectivity index (χ2v) is 0. The van der Waals surface area contributed by atoms with Crippen LogP contribution in [0.5, 0.6) is 0 Å². The van der Waals surface area contributed by atoms with E-state index in [0.29, 0.717) is 0 Å². The van der Waals surface area contributed by atoms with E-state index in [0.717, 1.165) is 0 Å². The van der Waals surface area contributed by atoms with E-state index in [2.05, 4.69) is 11.7 Å². The van der Waals surface area contributed by atoms with E-state index in [1.807, 2.05) is 0 Å². The van der Waals surface area contributed by atoms with Gasteiger partial charge in [-0.3, -0.25) is 11.7 Å². The summed E-state index contributed by atoms with van der Waals surface area (Å²) in [7, 11) is 0. The van der Waals surface area contributed by atoms with E-state index < -0.39 is 0 Å². The lowest BCUT2D eigenvalue weighted by atomic mass is 13.0. The lowest BCUT2D eigenvalue weighted by Crippen LogP contribution is -2.02. The Hall–Kier alpha value is 0.660. The van der Waals surface area contributed by atoms with Crippen molar-refractivity contribution >= 4 is 23.4 Å².